The predicted molar refractivity (Wildman–Crippen MR) is 50.0 cm³/mol. The van der Waals surface area contributed by atoms with E-state index < -0.39 is 6.43 Å². The number of alkyl halides is 2. The Morgan fingerprint density at radius 1 is 1.23 bits per heavy atom. The van der Waals surface area contributed by atoms with Crippen LogP contribution in [0.4, 0.5) is 8.78 Å². The Balaban J connectivity index is 0.000000671. The SMILES string of the molecule is CC.Cc1cnc(C(F)F)c(C)c1. The van der Waals surface area contributed by atoms with Crippen molar-refractivity contribution in [1.29, 1.82) is 0 Å². The van der Waals surface area contributed by atoms with Gasteiger partial charge >= 0.3 is 0 Å². The summed E-state index contributed by atoms with van der Waals surface area (Å²) in [6.45, 7) is 7.47. The highest BCUT2D eigenvalue weighted by molar-refractivity contribution is 5.23. The summed E-state index contributed by atoms with van der Waals surface area (Å²) in [6.07, 6.45) is -1.01. The van der Waals surface area contributed by atoms with Crippen LogP contribution in [0.15, 0.2) is 12.3 Å². The zero-order valence-electron chi connectivity index (χ0n) is 8.44. The summed E-state index contributed by atoms with van der Waals surface area (Å²) in [5, 5.41) is 0. The Labute approximate surface area is 77.8 Å². The van der Waals surface area contributed by atoms with Gasteiger partial charge in [0.1, 0.15) is 5.69 Å². The van der Waals surface area contributed by atoms with Crippen LogP contribution in [0.1, 0.15) is 37.1 Å². The highest BCUT2D eigenvalue weighted by Gasteiger charge is 2.10. The zero-order chi connectivity index (χ0) is 10.4. The minimum Gasteiger partial charge on any atom is -0.255 e. The molecule has 1 rings (SSSR count). The highest BCUT2D eigenvalue weighted by Crippen LogP contribution is 2.19. The Morgan fingerprint density at radius 3 is 2.15 bits per heavy atom. The van der Waals surface area contributed by atoms with Crippen molar-refractivity contribution >= 4 is 0 Å². The quantitative estimate of drug-likeness (QED) is 0.653. The molecule has 0 fully saturated rings. The standard InChI is InChI=1S/C8H9F2N.C2H6/c1-5-3-6(2)7(8(9)10)11-4-5;1-2/h3-4,8H,1-2H3;1-2H3. The molecule has 0 aliphatic rings. The second-order valence-electron chi connectivity index (χ2n) is 2.52. The van der Waals surface area contributed by atoms with E-state index in [1.165, 1.54) is 6.20 Å². The summed E-state index contributed by atoms with van der Waals surface area (Å²) in [4.78, 5) is 3.63. The van der Waals surface area contributed by atoms with Crippen LogP contribution >= 0.6 is 0 Å². The molecule has 0 saturated carbocycles. The average molecular weight is 187 g/mol. The molecule has 0 aliphatic heterocycles. The van der Waals surface area contributed by atoms with E-state index in [1.807, 2.05) is 20.8 Å². The lowest BCUT2D eigenvalue weighted by Gasteiger charge is -2.02. The molecule has 0 bridgehead atoms. The van der Waals surface area contributed by atoms with Gasteiger partial charge in [-0.05, 0) is 25.0 Å². The molecule has 0 spiro atoms. The number of pyridine rings is 1. The Kier molecular flexibility index (Phi) is 5.19. The van der Waals surface area contributed by atoms with Crippen LogP contribution < -0.4 is 0 Å². The largest absolute Gasteiger partial charge is 0.280 e. The summed E-state index contributed by atoms with van der Waals surface area (Å²) in [5.74, 6) is 0. The molecule has 0 unspecified atom stereocenters. The number of aryl methyl sites for hydroxylation is 2. The first-order valence-electron chi connectivity index (χ1n) is 4.32. The van der Waals surface area contributed by atoms with Crippen molar-refractivity contribution in [1.82, 2.24) is 4.98 Å². The summed E-state index contributed by atoms with van der Waals surface area (Å²) in [5.41, 5.74) is 1.35. The fraction of sp³-hybridized carbons (Fsp3) is 0.500. The van der Waals surface area contributed by atoms with Crippen LogP contribution in [0.5, 0.6) is 0 Å². The molecule has 1 aromatic heterocycles. The van der Waals surface area contributed by atoms with Crippen molar-refractivity contribution in [2.45, 2.75) is 34.1 Å². The van der Waals surface area contributed by atoms with Crippen LogP contribution in [-0.4, -0.2) is 4.98 Å². The van der Waals surface area contributed by atoms with Gasteiger partial charge in [-0.3, -0.25) is 4.98 Å². The van der Waals surface area contributed by atoms with Gasteiger partial charge in [-0.25, -0.2) is 8.78 Å². The fourth-order valence-electron chi connectivity index (χ4n) is 0.954. The van der Waals surface area contributed by atoms with Crippen molar-refractivity contribution in [3.05, 3.63) is 29.1 Å². The molecule has 3 heteroatoms. The molecule has 0 aromatic carbocycles. The second kappa shape index (κ2) is 5.62. The molecule has 1 aromatic rings. The first-order chi connectivity index (χ1) is 6.11. The molecule has 74 valence electrons. The molecule has 1 heterocycles. The molecule has 0 atom stereocenters. The van der Waals surface area contributed by atoms with Crippen molar-refractivity contribution < 1.29 is 8.78 Å². The summed E-state index contributed by atoms with van der Waals surface area (Å²) in [7, 11) is 0. The van der Waals surface area contributed by atoms with Gasteiger partial charge in [0.2, 0.25) is 0 Å². The smallest absolute Gasteiger partial charge is 0.255 e. The summed E-state index contributed by atoms with van der Waals surface area (Å²) < 4.78 is 24.2. The monoisotopic (exact) mass is 187 g/mol. The van der Waals surface area contributed by atoms with E-state index in [9.17, 15) is 8.78 Å². The summed E-state index contributed by atoms with van der Waals surface area (Å²) >= 11 is 0. The van der Waals surface area contributed by atoms with Crippen LogP contribution in [0, 0.1) is 13.8 Å². The van der Waals surface area contributed by atoms with E-state index in [0.717, 1.165) is 5.56 Å². The van der Waals surface area contributed by atoms with Gasteiger partial charge in [0.15, 0.2) is 0 Å². The fourth-order valence-corrected chi connectivity index (χ4v) is 0.954. The Bertz CT molecular complexity index is 259. The highest BCUT2D eigenvalue weighted by atomic mass is 19.3. The van der Waals surface area contributed by atoms with E-state index in [0.29, 0.717) is 5.56 Å². The molecule has 0 saturated heterocycles. The van der Waals surface area contributed by atoms with E-state index in [4.69, 9.17) is 0 Å². The molecule has 0 radical (unpaired) electrons. The third kappa shape index (κ3) is 3.49. The van der Waals surface area contributed by atoms with Gasteiger partial charge in [0.25, 0.3) is 6.43 Å². The minimum atomic E-state index is -2.46. The third-order valence-electron chi connectivity index (χ3n) is 1.46. The second-order valence-corrected chi connectivity index (χ2v) is 2.52. The van der Waals surface area contributed by atoms with Crippen LogP contribution in [0.2, 0.25) is 0 Å². The molecule has 0 N–H and O–H groups in total. The molecule has 0 aliphatic carbocycles. The first kappa shape index (κ1) is 12.0. The van der Waals surface area contributed by atoms with Crippen LogP contribution in [0.3, 0.4) is 0 Å². The zero-order valence-corrected chi connectivity index (χ0v) is 8.44. The number of rotatable bonds is 1. The van der Waals surface area contributed by atoms with Crippen molar-refractivity contribution in [3.8, 4) is 0 Å². The van der Waals surface area contributed by atoms with Crippen molar-refractivity contribution in [3.63, 3.8) is 0 Å². The average Bonchev–Trinajstić information content (AvgIpc) is 2.07. The molecule has 0 amide bonds. The van der Waals surface area contributed by atoms with Crippen molar-refractivity contribution in [2.75, 3.05) is 0 Å². The number of hydrogen-bond donors (Lipinski definition) is 0. The van der Waals surface area contributed by atoms with Crippen molar-refractivity contribution in [2.24, 2.45) is 0 Å². The van der Waals surface area contributed by atoms with Gasteiger partial charge in [0.05, 0.1) is 0 Å². The lowest BCUT2D eigenvalue weighted by atomic mass is 10.2. The number of aromatic nitrogens is 1. The Hall–Kier alpha value is -0.990. The number of nitrogens with zero attached hydrogens (tertiary/aromatic N) is 1. The third-order valence-corrected chi connectivity index (χ3v) is 1.46. The minimum absolute atomic E-state index is 0.115. The van der Waals surface area contributed by atoms with Crippen LogP contribution in [-0.2, 0) is 0 Å². The maximum Gasteiger partial charge on any atom is 0.280 e. The first-order valence-corrected chi connectivity index (χ1v) is 4.32. The van der Waals surface area contributed by atoms with E-state index in [-0.39, 0.29) is 5.69 Å². The number of hydrogen-bond acceptors (Lipinski definition) is 1. The van der Waals surface area contributed by atoms with Gasteiger partial charge in [-0.15, -0.1) is 0 Å². The van der Waals surface area contributed by atoms with E-state index >= 15 is 0 Å². The van der Waals surface area contributed by atoms with Crippen LogP contribution in [0.25, 0.3) is 0 Å². The van der Waals surface area contributed by atoms with Gasteiger partial charge in [-0.1, -0.05) is 19.9 Å². The van der Waals surface area contributed by atoms with Gasteiger partial charge < -0.3 is 0 Å². The summed E-state index contributed by atoms with van der Waals surface area (Å²) in [6, 6.07) is 1.70. The molecular formula is C10H15F2N. The molecule has 13 heavy (non-hydrogen) atoms. The normalized spacial score (nSPS) is 9.46. The maximum atomic E-state index is 12.1. The van der Waals surface area contributed by atoms with E-state index in [2.05, 4.69) is 4.98 Å². The topological polar surface area (TPSA) is 12.9 Å². The maximum absolute atomic E-state index is 12.1. The number of halogens is 2. The Morgan fingerprint density at radius 2 is 1.77 bits per heavy atom. The predicted octanol–water partition coefficient (Wildman–Crippen LogP) is 3.66. The lowest BCUT2D eigenvalue weighted by molar-refractivity contribution is 0.145. The lowest BCUT2D eigenvalue weighted by Crippen LogP contribution is -1.94. The van der Waals surface area contributed by atoms with Gasteiger partial charge in [0, 0.05) is 6.20 Å². The molecular weight excluding hydrogens is 172 g/mol. The van der Waals surface area contributed by atoms with E-state index in [1.54, 1.807) is 13.0 Å². The molecule has 1 nitrogen and oxygen atoms in total. The van der Waals surface area contributed by atoms with Gasteiger partial charge in [-0.2, -0.15) is 0 Å².